The lowest BCUT2D eigenvalue weighted by Gasteiger charge is -2.16. The number of halogens is 2. The third-order valence-electron chi connectivity index (χ3n) is 2.50. The topological polar surface area (TPSA) is 38.7 Å². The van der Waals surface area contributed by atoms with Gasteiger partial charge in [-0.1, -0.05) is 0 Å². The van der Waals surface area contributed by atoms with Crippen LogP contribution >= 0.6 is 23.2 Å². The van der Waals surface area contributed by atoms with Gasteiger partial charge in [0.15, 0.2) is 0 Å². The minimum Gasteiger partial charge on any atom is -0.394 e. The van der Waals surface area contributed by atoms with Gasteiger partial charge in [-0.25, -0.2) is 0 Å². The highest BCUT2D eigenvalue weighted by Crippen LogP contribution is 2.06. The minimum absolute atomic E-state index is 0.0116. The Morgan fingerprint density at radius 3 is 2.06 bits per heavy atom. The van der Waals surface area contributed by atoms with E-state index < -0.39 is 0 Å². The van der Waals surface area contributed by atoms with Crippen LogP contribution in [0.25, 0.3) is 0 Å². The van der Waals surface area contributed by atoms with Gasteiger partial charge >= 0.3 is 0 Å². The SMILES string of the molecule is CC(Cl)CCCOCC(CO)OCCCC(C)Cl. The first-order valence-electron chi connectivity index (χ1n) is 6.64. The second-order valence-electron chi connectivity index (χ2n) is 4.60. The average Bonchev–Trinajstić information content (AvgIpc) is 2.30. The van der Waals surface area contributed by atoms with Crippen LogP contribution < -0.4 is 0 Å². The summed E-state index contributed by atoms with van der Waals surface area (Å²) >= 11 is 11.7. The molecule has 1 N–H and O–H groups in total. The molecule has 0 aliphatic heterocycles. The smallest absolute Gasteiger partial charge is 0.104 e. The Kier molecular flexibility index (Phi) is 12.8. The molecule has 0 aliphatic rings. The second-order valence-corrected chi connectivity index (χ2v) is 6.09. The van der Waals surface area contributed by atoms with E-state index in [9.17, 15) is 0 Å². The summed E-state index contributed by atoms with van der Waals surface area (Å²) in [5, 5.41) is 9.49. The zero-order valence-electron chi connectivity index (χ0n) is 11.4. The van der Waals surface area contributed by atoms with Gasteiger partial charge in [-0.3, -0.25) is 0 Å². The Labute approximate surface area is 121 Å². The fraction of sp³-hybridized carbons (Fsp3) is 1.00. The Bertz CT molecular complexity index is 178. The van der Waals surface area contributed by atoms with Crippen molar-refractivity contribution in [1.82, 2.24) is 0 Å². The van der Waals surface area contributed by atoms with Gasteiger partial charge in [0, 0.05) is 24.0 Å². The third kappa shape index (κ3) is 12.9. The maximum absolute atomic E-state index is 9.13. The number of rotatable bonds is 12. The molecule has 0 fully saturated rings. The van der Waals surface area contributed by atoms with Crippen molar-refractivity contribution in [3.8, 4) is 0 Å². The van der Waals surface area contributed by atoms with Crippen molar-refractivity contribution in [3.05, 3.63) is 0 Å². The van der Waals surface area contributed by atoms with Crippen LogP contribution in [0.4, 0.5) is 0 Å². The monoisotopic (exact) mass is 300 g/mol. The lowest BCUT2D eigenvalue weighted by Crippen LogP contribution is -2.25. The summed E-state index contributed by atoms with van der Waals surface area (Å²) in [5.74, 6) is 0. The molecule has 0 radical (unpaired) electrons. The molecule has 0 heterocycles. The average molecular weight is 301 g/mol. The van der Waals surface area contributed by atoms with Crippen molar-refractivity contribution in [3.63, 3.8) is 0 Å². The summed E-state index contributed by atoms with van der Waals surface area (Å²) in [6.45, 7) is 5.64. The summed E-state index contributed by atoms with van der Waals surface area (Å²) in [5.41, 5.74) is 0. The molecule has 0 aromatic rings. The van der Waals surface area contributed by atoms with Crippen LogP contribution in [0, 0.1) is 0 Å². The van der Waals surface area contributed by atoms with Gasteiger partial charge in [0.2, 0.25) is 0 Å². The van der Waals surface area contributed by atoms with Gasteiger partial charge in [-0.15, -0.1) is 23.2 Å². The first-order chi connectivity index (χ1) is 8.56. The molecule has 0 saturated heterocycles. The van der Waals surface area contributed by atoms with Crippen molar-refractivity contribution in [2.45, 2.75) is 56.4 Å². The van der Waals surface area contributed by atoms with Crippen LogP contribution in [0.3, 0.4) is 0 Å². The van der Waals surface area contributed by atoms with E-state index in [1.165, 1.54) is 0 Å². The van der Waals surface area contributed by atoms with Gasteiger partial charge < -0.3 is 14.6 Å². The molecule has 0 bridgehead atoms. The van der Waals surface area contributed by atoms with E-state index in [0.29, 0.717) is 19.8 Å². The van der Waals surface area contributed by atoms with Crippen molar-refractivity contribution < 1.29 is 14.6 Å². The number of aliphatic hydroxyl groups excluding tert-OH is 1. The van der Waals surface area contributed by atoms with Gasteiger partial charge in [0.1, 0.15) is 6.10 Å². The molecular weight excluding hydrogens is 275 g/mol. The molecule has 5 heteroatoms. The Morgan fingerprint density at radius 1 is 1.00 bits per heavy atom. The molecule has 3 atom stereocenters. The predicted molar refractivity (Wildman–Crippen MR) is 76.7 cm³/mol. The zero-order valence-corrected chi connectivity index (χ0v) is 12.9. The van der Waals surface area contributed by atoms with Crippen molar-refractivity contribution in [1.29, 1.82) is 0 Å². The summed E-state index contributed by atoms with van der Waals surface area (Å²) < 4.78 is 11.0. The highest BCUT2D eigenvalue weighted by molar-refractivity contribution is 6.20. The van der Waals surface area contributed by atoms with E-state index >= 15 is 0 Å². The molecule has 0 aliphatic carbocycles. The van der Waals surface area contributed by atoms with Crippen LogP contribution in [-0.2, 0) is 9.47 Å². The van der Waals surface area contributed by atoms with Crippen molar-refractivity contribution in [2.24, 2.45) is 0 Å². The van der Waals surface area contributed by atoms with Crippen LogP contribution in [0.5, 0.6) is 0 Å². The fourth-order valence-electron chi connectivity index (χ4n) is 1.45. The minimum atomic E-state index is -0.232. The lowest BCUT2D eigenvalue weighted by atomic mass is 10.2. The molecule has 110 valence electrons. The second kappa shape index (κ2) is 12.5. The van der Waals surface area contributed by atoms with Crippen LogP contribution in [0.15, 0.2) is 0 Å². The van der Waals surface area contributed by atoms with E-state index in [2.05, 4.69) is 0 Å². The van der Waals surface area contributed by atoms with Crippen LogP contribution in [0.1, 0.15) is 39.5 Å². The van der Waals surface area contributed by atoms with E-state index in [1.54, 1.807) is 0 Å². The quantitative estimate of drug-likeness (QED) is 0.444. The highest BCUT2D eigenvalue weighted by Gasteiger charge is 2.08. The number of aliphatic hydroxyl groups is 1. The molecule has 0 saturated carbocycles. The number of ether oxygens (including phenoxy) is 2. The molecule has 0 spiro atoms. The highest BCUT2D eigenvalue weighted by atomic mass is 35.5. The van der Waals surface area contributed by atoms with Crippen molar-refractivity contribution >= 4 is 23.2 Å². The predicted octanol–water partition coefficient (Wildman–Crippen LogP) is 3.20. The van der Waals surface area contributed by atoms with E-state index in [1.807, 2.05) is 13.8 Å². The summed E-state index contributed by atoms with van der Waals surface area (Å²) in [7, 11) is 0. The van der Waals surface area contributed by atoms with Gasteiger partial charge in [0.25, 0.3) is 0 Å². The van der Waals surface area contributed by atoms with Gasteiger partial charge in [-0.05, 0) is 39.5 Å². The molecule has 0 rings (SSSR count). The molecule has 0 aromatic heterocycles. The summed E-state index contributed by atoms with van der Waals surface area (Å²) in [6.07, 6.45) is 3.48. The number of alkyl halides is 2. The lowest BCUT2D eigenvalue weighted by molar-refractivity contribution is -0.0436. The van der Waals surface area contributed by atoms with Gasteiger partial charge in [-0.2, -0.15) is 0 Å². The fourth-order valence-corrected chi connectivity index (χ4v) is 1.76. The normalized spacial score (nSPS) is 16.5. The largest absolute Gasteiger partial charge is 0.394 e. The third-order valence-corrected chi connectivity index (χ3v) is 2.93. The molecule has 18 heavy (non-hydrogen) atoms. The Morgan fingerprint density at radius 2 is 1.56 bits per heavy atom. The van der Waals surface area contributed by atoms with Crippen LogP contribution in [-0.4, -0.2) is 48.4 Å². The van der Waals surface area contributed by atoms with Crippen molar-refractivity contribution in [2.75, 3.05) is 26.4 Å². The van der Waals surface area contributed by atoms with E-state index in [4.69, 9.17) is 37.8 Å². The standard InChI is InChI=1S/C13H26Cl2O3/c1-11(14)5-3-7-17-10-13(9-16)18-8-4-6-12(2)15/h11-13,16H,3-10H2,1-2H3. The molecule has 0 aromatic carbocycles. The maximum atomic E-state index is 9.13. The van der Waals surface area contributed by atoms with Gasteiger partial charge in [0.05, 0.1) is 13.2 Å². The molecule has 3 nitrogen and oxygen atoms in total. The first kappa shape index (κ1) is 18.5. The summed E-state index contributed by atoms with van der Waals surface area (Å²) in [4.78, 5) is 0. The number of hydrogen-bond acceptors (Lipinski definition) is 3. The molecule has 3 unspecified atom stereocenters. The Hall–Kier alpha value is 0.460. The van der Waals surface area contributed by atoms with Crippen LogP contribution in [0.2, 0.25) is 0 Å². The zero-order chi connectivity index (χ0) is 13.8. The first-order valence-corrected chi connectivity index (χ1v) is 7.51. The maximum Gasteiger partial charge on any atom is 0.104 e. The van der Waals surface area contributed by atoms with E-state index in [-0.39, 0.29) is 23.5 Å². The molecule has 0 amide bonds. The Balaban J connectivity index is 3.40. The number of hydrogen-bond donors (Lipinski definition) is 1. The van der Waals surface area contributed by atoms with E-state index in [0.717, 1.165) is 25.7 Å². The summed E-state index contributed by atoms with van der Waals surface area (Å²) in [6, 6.07) is 0. The molecular formula is C13H26Cl2O3.